The van der Waals surface area contributed by atoms with Gasteiger partial charge in [-0.05, 0) is 10.6 Å². The van der Waals surface area contributed by atoms with Crippen LogP contribution in [0.25, 0.3) is 10.4 Å². The number of ether oxygens (including phenoxy) is 3. The zero-order valence-corrected chi connectivity index (χ0v) is 13.3. The molecule has 14 heteroatoms. The van der Waals surface area contributed by atoms with E-state index in [0.717, 1.165) is 0 Å². The summed E-state index contributed by atoms with van der Waals surface area (Å²) in [5.74, 6) is -2.74. The summed E-state index contributed by atoms with van der Waals surface area (Å²) in [7, 11) is 0. The molecule has 10 atom stereocenters. The Morgan fingerprint density at radius 2 is 1.54 bits per heavy atom. The van der Waals surface area contributed by atoms with Crippen LogP contribution in [-0.4, -0.2) is 115 Å². The average molecular weight is 383 g/mol. The lowest BCUT2D eigenvalue weighted by Gasteiger charge is -2.49. The molecule has 0 spiro atoms. The highest BCUT2D eigenvalue weighted by molar-refractivity contribution is 4.99. The maximum absolute atomic E-state index is 10.2. The maximum Gasteiger partial charge on any atom is 0.279 e. The Labute approximate surface area is 146 Å². The smallest absolute Gasteiger partial charge is 0.279 e. The molecule has 0 bridgehead atoms. The van der Waals surface area contributed by atoms with E-state index in [2.05, 4.69) is 10.0 Å². The van der Waals surface area contributed by atoms with E-state index in [9.17, 15) is 40.9 Å². The van der Waals surface area contributed by atoms with Crippen LogP contribution in [0, 0.1) is 0 Å². The molecule has 0 aromatic heterocycles. The minimum Gasteiger partial charge on any atom is -0.394 e. The monoisotopic (exact) mass is 383 g/mol. The Kier molecular flexibility index (Phi) is 6.73. The second-order valence-corrected chi connectivity index (χ2v) is 5.90. The predicted molar refractivity (Wildman–Crippen MR) is 76.7 cm³/mol. The second kappa shape index (κ2) is 8.26. The first-order chi connectivity index (χ1) is 12.2. The molecule has 0 amide bonds. The van der Waals surface area contributed by atoms with Crippen molar-refractivity contribution in [1.82, 2.24) is 0 Å². The zero-order valence-electron chi connectivity index (χ0n) is 13.3. The van der Waals surface area contributed by atoms with E-state index < -0.39 is 74.2 Å². The molecule has 0 radical (unpaired) electrons. The topological polar surface area (TPSA) is 238 Å². The highest BCUT2D eigenvalue weighted by atomic mass is 16.8. The van der Waals surface area contributed by atoms with E-state index in [4.69, 9.17) is 19.7 Å². The van der Waals surface area contributed by atoms with Crippen molar-refractivity contribution in [2.45, 2.75) is 61.0 Å². The van der Waals surface area contributed by atoms with Crippen LogP contribution in [0.3, 0.4) is 0 Å². The van der Waals surface area contributed by atoms with Gasteiger partial charge < -0.3 is 55.1 Å². The minimum atomic E-state index is -2.74. The molecule has 14 nitrogen and oxygen atoms in total. The van der Waals surface area contributed by atoms with Gasteiger partial charge in [0.05, 0.1) is 13.2 Å². The van der Waals surface area contributed by atoms with Crippen LogP contribution in [0.4, 0.5) is 0 Å². The van der Waals surface area contributed by atoms with Gasteiger partial charge in [0, 0.05) is 4.91 Å². The standard InChI is InChI=1S/C12H21N3O11/c13-15-14-12(10(22)7(20)5(18)3(1-16)25-12)26-9-4(2-17)24-11(23)8(21)6(9)19/h3-11,16-23H,1-2H2/t3-,4-,5+,6-,7+,8-,9-,10-,11-,12-/m1/s1. The molecule has 0 saturated carbocycles. The van der Waals surface area contributed by atoms with Crippen LogP contribution in [0.15, 0.2) is 5.11 Å². The Morgan fingerprint density at radius 1 is 0.923 bits per heavy atom. The third-order valence-corrected chi connectivity index (χ3v) is 4.26. The highest BCUT2D eigenvalue weighted by Gasteiger charge is 2.58. The van der Waals surface area contributed by atoms with Gasteiger partial charge in [-0.15, -0.1) is 0 Å². The SMILES string of the molecule is [N-]=[N+]=N[C@@]1(O[C@H]2[C@H](O)[C@@H](O)[C@H](O)O[C@@H]2CO)O[C@H](CO)[C@H](O)[C@H](O)[C@H]1O. The quantitative estimate of drug-likeness (QED) is 0.127. The molecule has 0 aromatic carbocycles. The Morgan fingerprint density at radius 3 is 2.08 bits per heavy atom. The fourth-order valence-electron chi connectivity index (χ4n) is 2.80. The molecule has 2 rings (SSSR count). The Bertz CT molecular complexity index is 531. The first-order valence-electron chi connectivity index (χ1n) is 7.59. The molecule has 2 heterocycles. The van der Waals surface area contributed by atoms with E-state index in [0.29, 0.717) is 0 Å². The Balaban J connectivity index is 2.38. The first kappa shape index (κ1) is 21.2. The van der Waals surface area contributed by atoms with Crippen molar-refractivity contribution in [2.75, 3.05) is 13.2 Å². The molecule has 2 saturated heterocycles. The van der Waals surface area contributed by atoms with Crippen LogP contribution in [0.1, 0.15) is 0 Å². The lowest BCUT2D eigenvalue weighted by atomic mass is 9.95. The van der Waals surface area contributed by atoms with Crippen molar-refractivity contribution >= 4 is 0 Å². The molecule has 150 valence electrons. The third kappa shape index (κ3) is 3.63. The van der Waals surface area contributed by atoms with Crippen molar-refractivity contribution in [1.29, 1.82) is 0 Å². The van der Waals surface area contributed by atoms with E-state index in [1.807, 2.05) is 0 Å². The summed E-state index contributed by atoms with van der Waals surface area (Å²) < 4.78 is 15.3. The summed E-state index contributed by atoms with van der Waals surface area (Å²) in [5, 5.41) is 80.9. The van der Waals surface area contributed by atoms with Crippen LogP contribution in [0.2, 0.25) is 0 Å². The second-order valence-electron chi connectivity index (χ2n) is 5.90. The van der Waals surface area contributed by atoms with Gasteiger partial charge >= 0.3 is 0 Å². The van der Waals surface area contributed by atoms with E-state index >= 15 is 0 Å². The van der Waals surface area contributed by atoms with Crippen molar-refractivity contribution in [2.24, 2.45) is 5.11 Å². The van der Waals surface area contributed by atoms with E-state index in [1.54, 1.807) is 0 Å². The van der Waals surface area contributed by atoms with Gasteiger partial charge in [0.2, 0.25) is 0 Å². The van der Waals surface area contributed by atoms with Crippen LogP contribution in [0.5, 0.6) is 0 Å². The van der Waals surface area contributed by atoms with Crippen molar-refractivity contribution in [3.05, 3.63) is 10.4 Å². The molecule has 2 aliphatic rings. The van der Waals surface area contributed by atoms with Gasteiger partial charge in [0.25, 0.3) is 5.91 Å². The average Bonchev–Trinajstić information content (AvgIpc) is 2.63. The summed E-state index contributed by atoms with van der Waals surface area (Å²) in [6.07, 6.45) is -16.2. The number of nitrogens with zero attached hydrogens (tertiary/aromatic N) is 3. The molecule has 8 N–H and O–H groups in total. The van der Waals surface area contributed by atoms with Crippen LogP contribution < -0.4 is 0 Å². The van der Waals surface area contributed by atoms with Gasteiger partial charge in [0.15, 0.2) is 6.29 Å². The predicted octanol–water partition coefficient (Wildman–Crippen LogP) is -4.76. The molecule has 2 aliphatic heterocycles. The van der Waals surface area contributed by atoms with Crippen LogP contribution >= 0.6 is 0 Å². The van der Waals surface area contributed by atoms with Gasteiger partial charge in [-0.3, -0.25) is 0 Å². The normalized spacial score (nSPS) is 49.5. The fourth-order valence-corrected chi connectivity index (χ4v) is 2.80. The van der Waals surface area contributed by atoms with Gasteiger partial charge in [-0.25, -0.2) is 0 Å². The van der Waals surface area contributed by atoms with E-state index in [-0.39, 0.29) is 0 Å². The summed E-state index contributed by atoms with van der Waals surface area (Å²) in [5.41, 5.74) is 8.77. The van der Waals surface area contributed by atoms with Crippen molar-refractivity contribution in [3.63, 3.8) is 0 Å². The zero-order chi connectivity index (χ0) is 19.6. The molecule has 2 fully saturated rings. The third-order valence-electron chi connectivity index (χ3n) is 4.26. The molecular weight excluding hydrogens is 362 g/mol. The molecule has 0 aliphatic carbocycles. The Hall–Kier alpha value is -1.13. The van der Waals surface area contributed by atoms with E-state index in [1.165, 1.54) is 0 Å². The molecule has 0 aromatic rings. The fraction of sp³-hybridized carbons (Fsp3) is 1.00. The summed E-state index contributed by atoms with van der Waals surface area (Å²) in [6, 6.07) is 0. The highest BCUT2D eigenvalue weighted by Crippen LogP contribution is 2.36. The van der Waals surface area contributed by atoms with Crippen molar-refractivity contribution in [3.8, 4) is 0 Å². The van der Waals surface area contributed by atoms with Gasteiger partial charge in [-0.1, -0.05) is 0 Å². The maximum atomic E-state index is 10.2. The van der Waals surface area contributed by atoms with Crippen LogP contribution in [-0.2, 0) is 14.2 Å². The summed E-state index contributed by atoms with van der Waals surface area (Å²) in [4.78, 5) is 2.43. The van der Waals surface area contributed by atoms with Gasteiger partial charge in [-0.2, -0.15) is 0 Å². The van der Waals surface area contributed by atoms with Crippen molar-refractivity contribution < 1.29 is 55.1 Å². The number of aliphatic hydroxyl groups is 8. The minimum absolute atomic E-state index is 0.817. The lowest BCUT2D eigenvalue weighted by molar-refractivity contribution is -0.400. The summed E-state index contributed by atoms with van der Waals surface area (Å²) >= 11 is 0. The number of aliphatic hydroxyl groups excluding tert-OH is 8. The molecular formula is C12H21N3O11. The molecule has 26 heavy (non-hydrogen) atoms. The lowest BCUT2D eigenvalue weighted by Crippen LogP contribution is -2.69. The number of hydrogen-bond donors (Lipinski definition) is 8. The van der Waals surface area contributed by atoms with Gasteiger partial charge in [0.1, 0.15) is 48.8 Å². The summed E-state index contributed by atoms with van der Waals surface area (Å²) in [6.45, 7) is -1.67. The molecule has 0 unspecified atom stereocenters. The number of rotatable bonds is 5. The number of hydrogen-bond acceptors (Lipinski definition) is 12. The largest absolute Gasteiger partial charge is 0.394 e. The first-order valence-corrected chi connectivity index (χ1v) is 7.59. The number of azide groups is 1.